The van der Waals surface area contributed by atoms with Crippen LogP contribution in [0.3, 0.4) is 0 Å². The van der Waals surface area contributed by atoms with Crippen molar-refractivity contribution in [3.63, 3.8) is 0 Å². The van der Waals surface area contributed by atoms with Gasteiger partial charge in [0.05, 0.1) is 15.2 Å². The molecule has 0 saturated heterocycles. The second-order valence-electron chi connectivity index (χ2n) is 3.83. The third-order valence-electron chi connectivity index (χ3n) is 2.49. The summed E-state index contributed by atoms with van der Waals surface area (Å²) in [6.07, 6.45) is 1.44. The maximum atomic E-state index is 12.2. The maximum Gasteiger partial charge on any atom is 0.182 e. The van der Waals surface area contributed by atoms with Gasteiger partial charge in [-0.25, -0.2) is 8.42 Å². The Bertz CT molecular complexity index is 471. The number of hydrogen-bond acceptors (Lipinski definition) is 3. The van der Waals surface area contributed by atoms with Crippen LogP contribution >= 0.6 is 11.6 Å². The molecule has 0 aliphatic rings. The first-order valence-corrected chi connectivity index (χ1v) is 7.11. The van der Waals surface area contributed by atoms with E-state index in [4.69, 9.17) is 17.3 Å². The van der Waals surface area contributed by atoms with E-state index < -0.39 is 15.1 Å². The van der Waals surface area contributed by atoms with Gasteiger partial charge in [-0.1, -0.05) is 24.9 Å². The van der Waals surface area contributed by atoms with Gasteiger partial charge in [-0.3, -0.25) is 0 Å². The van der Waals surface area contributed by atoms with Crippen LogP contribution in [0.25, 0.3) is 0 Å². The minimum absolute atomic E-state index is 0.134. The number of sulfone groups is 1. The molecular formula is C11H16ClNO2S. The van der Waals surface area contributed by atoms with Crippen LogP contribution < -0.4 is 5.73 Å². The van der Waals surface area contributed by atoms with Gasteiger partial charge < -0.3 is 5.73 Å². The van der Waals surface area contributed by atoms with Gasteiger partial charge in [0, 0.05) is 5.69 Å². The highest BCUT2D eigenvalue weighted by Gasteiger charge is 2.25. The third kappa shape index (κ3) is 2.68. The van der Waals surface area contributed by atoms with Crippen molar-refractivity contribution in [1.82, 2.24) is 0 Å². The van der Waals surface area contributed by atoms with Crippen LogP contribution in [0.15, 0.2) is 23.1 Å². The molecular weight excluding hydrogens is 246 g/mol. The number of benzene rings is 1. The van der Waals surface area contributed by atoms with E-state index in [9.17, 15) is 8.42 Å². The Morgan fingerprint density at radius 2 is 2.06 bits per heavy atom. The standard InChI is InChI=1S/C11H16ClNO2S/c1-3-4-8(2)16(14,15)11-7-9(13)5-6-10(11)12/h5-8H,3-4,13H2,1-2H3. The van der Waals surface area contributed by atoms with Crippen LogP contribution in [0.1, 0.15) is 26.7 Å². The molecule has 16 heavy (non-hydrogen) atoms. The van der Waals surface area contributed by atoms with Crippen LogP contribution in [-0.2, 0) is 9.84 Å². The van der Waals surface area contributed by atoms with Gasteiger partial charge in [0.15, 0.2) is 9.84 Å². The minimum Gasteiger partial charge on any atom is -0.399 e. The summed E-state index contributed by atoms with van der Waals surface area (Å²) in [5.74, 6) is 0. The van der Waals surface area contributed by atoms with Crippen molar-refractivity contribution in [2.75, 3.05) is 5.73 Å². The molecule has 0 aromatic heterocycles. The highest BCUT2D eigenvalue weighted by molar-refractivity contribution is 7.92. The Labute approximate surface area is 102 Å². The van der Waals surface area contributed by atoms with Crippen LogP contribution in [0.4, 0.5) is 5.69 Å². The van der Waals surface area contributed by atoms with E-state index >= 15 is 0 Å². The fraction of sp³-hybridized carbons (Fsp3) is 0.455. The van der Waals surface area contributed by atoms with Crippen molar-refractivity contribution < 1.29 is 8.42 Å². The van der Waals surface area contributed by atoms with E-state index in [1.54, 1.807) is 13.0 Å². The number of nitrogens with two attached hydrogens (primary N) is 1. The van der Waals surface area contributed by atoms with Gasteiger partial charge in [-0.15, -0.1) is 0 Å². The molecule has 0 spiro atoms. The van der Waals surface area contributed by atoms with Gasteiger partial charge in [0.1, 0.15) is 0 Å². The predicted octanol–water partition coefficient (Wildman–Crippen LogP) is 2.88. The number of hydrogen-bond donors (Lipinski definition) is 1. The number of halogens is 1. The van der Waals surface area contributed by atoms with Crippen molar-refractivity contribution in [2.45, 2.75) is 36.8 Å². The van der Waals surface area contributed by atoms with Crippen molar-refractivity contribution in [2.24, 2.45) is 0 Å². The largest absolute Gasteiger partial charge is 0.399 e. The zero-order valence-electron chi connectivity index (χ0n) is 9.40. The molecule has 3 nitrogen and oxygen atoms in total. The Morgan fingerprint density at radius 3 is 2.62 bits per heavy atom. The molecule has 0 radical (unpaired) electrons. The summed E-state index contributed by atoms with van der Waals surface area (Å²) < 4.78 is 24.3. The summed E-state index contributed by atoms with van der Waals surface area (Å²) in [6, 6.07) is 4.53. The van der Waals surface area contributed by atoms with E-state index in [-0.39, 0.29) is 9.92 Å². The normalized spacial score (nSPS) is 13.7. The zero-order valence-corrected chi connectivity index (χ0v) is 11.0. The molecule has 90 valence electrons. The summed E-state index contributed by atoms with van der Waals surface area (Å²) in [4.78, 5) is 0.134. The molecule has 1 rings (SSSR count). The van der Waals surface area contributed by atoms with Crippen molar-refractivity contribution in [3.8, 4) is 0 Å². The fourth-order valence-corrected chi connectivity index (χ4v) is 3.58. The van der Waals surface area contributed by atoms with Crippen molar-refractivity contribution in [3.05, 3.63) is 23.2 Å². The smallest absolute Gasteiger partial charge is 0.182 e. The van der Waals surface area contributed by atoms with E-state index in [0.29, 0.717) is 12.1 Å². The molecule has 0 amide bonds. The first kappa shape index (κ1) is 13.3. The van der Waals surface area contributed by atoms with Crippen LogP contribution in [0, 0.1) is 0 Å². The molecule has 1 aromatic carbocycles. The lowest BCUT2D eigenvalue weighted by Gasteiger charge is -2.13. The molecule has 1 unspecified atom stereocenters. The van der Waals surface area contributed by atoms with Crippen molar-refractivity contribution in [1.29, 1.82) is 0 Å². The summed E-state index contributed by atoms with van der Waals surface area (Å²) >= 11 is 5.89. The van der Waals surface area contributed by atoms with Gasteiger partial charge >= 0.3 is 0 Å². The second-order valence-corrected chi connectivity index (χ2v) is 6.58. The van der Waals surface area contributed by atoms with E-state index in [1.165, 1.54) is 12.1 Å². The number of rotatable bonds is 4. The molecule has 0 fully saturated rings. The average molecular weight is 262 g/mol. The lowest BCUT2D eigenvalue weighted by Crippen LogP contribution is -2.18. The van der Waals surface area contributed by atoms with Crippen LogP contribution in [0.5, 0.6) is 0 Å². The molecule has 0 heterocycles. The van der Waals surface area contributed by atoms with Gasteiger partial charge in [0.2, 0.25) is 0 Å². The molecule has 2 N–H and O–H groups in total. The lowest BCUT2D eigenvalue weighted by atomic mass is 10.3. The molecule has 0 saturated carbocycles. The minimum atomic E-state index is -3.37. The maximum absolute atomic E-state index is 12.2. The topological polar surface area (TPSA) is 60.2 Å². The second kappa shape index (κ2) is 5.06. The average Bonchev–Trinajstić information content (AvgIpc) is 2.22. The Balaban J connectivity index is 3.21. The molecule has 1 aromatic rings. The van der Waals surface area contributed by atoms with Crippen LogP contribution in [-0.4, -0.2) is 13.7 Å². The third-order valence-corrected chi connectivity index (χ3v) is 5.17. The number of anilines is 1. The SMILES string of the molecule is CCCC(C)S(=O)(=O)c1cc(N)ccc1Cl. The van der Waals surface area contributed by atoms with Crippen molar-refractivity contribution >= 4 is 27.1 Å². The summed E-state index contributed by atoms with van der Waals surface area (Å²) in [5.41, 5.74) is 5.98. The van der Waals surface area contributed by atoms with Gasteiger partial charge in [-0.05, 0) is 31.5 Å². The summed E-state index contributed by atoms with van der Waals surface area (Å²) in [7, 11) is -3.37. The van der Waals surface area contributed by atoms with E-state index in [0.717, 1.165) is 6.42 Å². The fourth-order valence-electron chi connectivity index (χ4n) is 1.52. The van der Waals surface area contributed by atoms with Crippen LogP contribution in [0.2, 0.25) is 5.02 Å². The van der Waals surface area contributed by atoms with E-state index in [2.05, 4.69) is 0 Å². The monoisotopic (exact) mass is 261 g/mol. The zero-order chi connectivity index (χ0) is 12.3. The summed E-state index contributed by atoms with van der Waals surface area (Å²) in [6.45, 7) is 3.64. The number of nitrogen functional groups attached to an aromatic ring is 1. The highest BCUT2D eigenvalue weighted by Crippen LogP contribution is 2.28. The Kier molecular flexibility index (Phi) is 4.21. The quantitative estimate of drug-likeness (QED) is 0.848. The molecule has 0 aliphatic carbocycles. The van der Waals surface area contributed by atoms with Gasteiger partial charge in [0.25, 0.3) is 0 Å². The van der Waals surface area contributed by atoms with Gasteiger partial charge in [-0.2, -0.15) is 0 Å². The Hall–Kier alpha value is -0.740. The molecule has 5 heteroatoms. The predicted molar refractivity (Wildman–Crippen MR) is 67.4 cm³/mol. The first-order chi connectivity index (χ1) is 7.39. The lowest BCUT2D eigenvalue weighted by molar-refractivity contribution is 0.576. The summed E-state index contributed by atoms with van der Waals surface area (Å²) in [5, 5.41) is -0.200. The molecule has 0 aliphatic heterocycles. The molecule has 1 atom stereocenters. The van der Waals surface area contributed by atoms with E-state index in [1.807, 2.05) is 6.92 Å². The first-order valence-electron chi connectivity index (χ1n) is 5.18. The highest BCUT2D eigenvalue weighted by atomic mass is 35.5. The Morgan fingerprint density at radius 1 is 1.44 bits per heavy atom. The molecule has 0 bridgehead atoms.